The quantitative estimate of drug-likeness (QED) is 0.852. The van der Waals surface area contributed by atoms with Crippen molar-refractivity contribution in [3.05, 3.63) is 52.8 Å². The van der Waals surface area contributed by atoms with Crippen LogP contribution in [-0.2, 0) is 4.79 Å². The van der Waals surface area contributed by atoms with Crippen LogP contribution in [0.2, 0.25) is 5.02 Å². The van der Waals surface area contributed by atoms with E-state index in [9.17, 15) is 9.90 Å². The maximum Gasteiger partial charge on any atom is 0.311 e. The van der Waals surface area contributed by atoms with Gasteiger partial charge in [-0.2, -0.15) is 0 Å². The lowest BCUT2D eigenvalue weighted by atomic mass is 9.84. The van der Waals surface area contributed by atoms with Gasteiger partial charge in [0.25, 0.3) is 0 Å². The lowest BCUT2D eigenvalue weighted by molar-refractivity contribution is -0.140. The van der Waals surface area contributed by atoms with E-state index in [1.165, 1.54) is 0 Å². The Morgan fingerprint density at radius 1 is 1.22 bits per heavy atom. The molecule has 0 aliphatic heterocycles. The van der Waals surface area contributed by atoms with Gasteiger partial charge in [0.1, 0.15) is 0 Å². The zero-order chi connectivity index (χ0) is 16.4. The monoisotopic (exact) mass is 329 g/mol. The Kier molecular flexibility index (Phi) is 4.67. The van der Waals surface area contributed by atoms with Crippen molar-refractivity contribution in [3.63, 3.8) is 0 Å². The molecule has 1 aliphatic rings. The van der Waals surface area contributed by atoms with Crippen LogP contribution < -0.4 is 0 Å². The van der Waals surface area contributed by atoms with Gasteiger partial charge in [-0.05, 0) is 42.9 Å². The van der Waals surface area contributed by atoms with E-state index in [0.717, 1.165) is 48.1 Å². The highest BCUT2D eigenvalue weighted by Gasteiger charge is 2.31. The zero-order valence-electron chi connectivity index (χ0n) is 13.1. The van der Waals surface area contributed by atoms with Gasteiger partial charge in [0.2, 0.25) is 0 Å². The normalized spacial score (nSPS) is 16.4. The van der Waals surface area contributed by atoms with Crippen LogP contribution >= 0.6 is 11.6 Å². The van der Waals surface area contributed by atoms with Crippen LogP contribution in [0.1, 0.15) is 42.9 Å². The molecule has 23 heavy (non-hydrogen) atoms. The molecule has 0 radical (unpaired) electrons. The molecule has 0 saturated heterocycles. The second kappa shape index (κ2) is 6.71. The molecule has 1 aromatic heterocycles. The highest BCUT2D eigenvalue weighted by molar-refractivity contribution is 6.31. The number of hydrogen-bond donors (Lipinski definition) is 1. The number of aromatic nitrogens is 1. The van der Waals surface area contributed by atoms with Crippen molar-refractivity contribution in [1.82, 2.24) is 4.98 Å². The van der Waals surface area contributed by atoms with Crippen molar-refractivity contribution >= 4 is 17.6 Å². The van der Waals surface area contributed by atoms with E-state index in [0.29, 0.717) is 5.02 Å². The molecule has 1 aromatic carbocycles. The van der Waals surface area contributed by atoms with Gasteiger partial charge in [0.05, 0.1) is 16.6 Å². The number of carbonyl (C=O) groups is 1. The smallest absolute Gasteiger partial charge is 0.311 e. The van der Waals surface area contributed by atoms with Gasteiger partial charge < -0.3 is 5.11 Å². The first-order valence-electron chi connectivity index (χ1n) is 8.01. The van der Waals surface area contributed by atoms with Gasteiger partial charge in [0, 0.05) is 11.8 Å². The van der Waals surface area contributed by atoms with Crippen LogP contribution in [0.25, 0.3) is 11.1 Å². The minimum Gasteiger partial charge on any atom is -0.481 e. The van der Waals surface area contributed by atoms with E-state index >= 15 is 0 Å². The first kappa shape index (κ1) is 16.0. The fourth-order valence-corrected chi connectivity index (χ4v) is 3.62. The molecule has 1 unspecified atom stereocenters. The summed E-state index contributed by atoms with van der Waals surface area (Å²) >= 11 is 6.13. The number of hydrogen-bond acceptors (Lipinski definition) is 2. The Balaban J connectivity index is 1.88. The van der Waals surface area contributed by atoms with E-state index < -0.39 is 11.9 Å². The third kappa shape index (κ3) is 3.40. The van der Waals surface area contributed by atoms with Crippen molar-refractivity contribution < 1.29 is 9.90 Å². The molecule has 3 nitrogen and oxygen atoms in total. The minimum atomic E-state index is -0.718. The predicted molar refractivity (Wildman–Crippen MR) is 91.8 cm³/mol. The number of nitrogens with zero attached hydrogens (tertiary/aromatic N) is 1. The predicted octanol–water partition coefficient (Wildman–Crippen LogP) is 5.07. The molecule has 3 rings (SSSR count). The van der Waals surface area contributed by atoms with Crippen molar-refractivity contribution in [3.8, 4) is 11.1 Å². The molecule has 1 heterocycles. The molecule has 0 spiro atoms. The molecule has 1 atom stereocenters. The lowest BCUT2D eigenvalue weighted by Crippen LogP contribution is -2.19. The van der Waals surface area contributed by atoms with Crippen LogP contribution in [0, 0.1) is 12.8 Å². The van der Waals surface area contributed by atoms with E-state index in [-0.39, 0.29) is 5.92 Å². The van der Waals surface area contributed by atoms with Crippen LogP contribution in [0.4, 0.5) is 0 Å². The highest BCUT2D eigenvalue weighted by atomic mass is 35.5. The third-order valence-electron chi connectivity index (χ3n) is 4.77. The number of aryl methyl sites for hydroxylation is 1. The number of carboxylic acids is 1. The number of carboxylic acid groups (broad SMARTS) is 1. The van der Waals surface area contributed by atoms with Crippen molar-refractivity contribution in [2.75, 3.05) is 0 Å². The molecule has 2 aromatic rings. The summed E-state index contributed by atoms with van der Waals surface area (Å²) in [7, 11) is 0. The van der Waals surface area contributed by atoms with Crippen LogP contribution in [0.5, 0.6) is 0 Å². The summed E-state index contributed by atoms with van der Waals surface area (Å²) in [5.41, 5.74) is 3.64. The SMILES string of the molecule is Cc1ncc(-c2ccc(C(C(=O)O)C3CCCC3)cc2)cc1Cl. The van der Waals surface area contributed by atoms with Crippen LogP contribution in [-0.4, -0.2) is 16.1 Å². The second-order valence-electron chi connectivity index (χ2n) is 6.27. The molecule has 0 amide bonds. The number of pyridine rings is 1. The molecular weight excluding hydrogens is 310 g/mol. The topological polar surface area (TPSA) is 50.2 Å². The molecular formula is C19H20ClNO2. The standard InChI is InChI=1S/C19H20ClNO2/c1-12-17(20)10-16(11-21-12)13-6-8-15(9-7-13)18(19(22)23)14-4-2-3-5-14/h6-11,14,18H,2-5H2,1H3,(H,22,23). The van der Waals surface area contributed by atoms with Gasteiger partial charge in [-0.1, -0.05) is 48.7 Å². The fraction of sp³-hybridized carbons (Fsp3) is 0.368. The maximum absolute atomic E-state index is 11.7. The molecule has 120 valence electrons. The molecule has 1 fully saturated rings. The molecule has 1 N–H and O–H groups in total. The zero-order valence-corrected chi connectivity index (χ0v) is 13.9. The summed E-state index contributed by atoms with van der Waals surface area (Å²) in [6, 6.07) is 9.68. The Hall–Kier alpha value is -1.87. The number of halogens is 1. The summed E-state index contributed by atoms with van der Waals surface area (Å²) in [5, 5.41) is 10.3. The number of benzene rings is 1. The van der Waals surface area contributed by atoms with Gasteiger partial charge >= 0.3 is 5.97 Å². The average Bonchev–Trinajstić information content (AvgIpc) is 3.04. The minimum absolute atomic E-state index is 0.258. The van der Waals surface area contributed by atoms with Crippen LogP contribution in [0.3, 0.4) is 0 Å². The number of aliphatic carboxylic acids is 1. The van der Waals surface area contributed by atoms with E-state index in [2.05, 4.69) is 4.98 Å². The summed E-state index contributed by atoms with van der Waals surface area (Å²) < 4.78 is 0. The Morgan fingerprint density at radius 2 is 1.87 bits per heavy atom. The van der Waals surface area contributed by atoms with Crippen molar-refractivity contribution in [1.29, 1.82) is 0 Å². The fourth-order valence-electron chi connectivity index (χ4n) is 3.45. The lowest BCUT2D eigenvalue weighted by Gasteiger charge is -2.20. The molecule has 4 heteroatoms. The van der Waals surface area contributed by atoms with Crippen molar-refractivity contribution in [2.24, 2.45) is 5.92 Å². The molecule has 1 saturated carbocycles. The Morgan fingerprint density at radius 3 is 2.43 bits per heavy atom. The summed E-state index contributed by atoms with van der Waals surface area (Å²) in [5.74, 6) is -0.857. The van der Waals surface area contributed by atoms with E-state index in [4.69, 9.17) is 11.6 Å². The first-order valence-corrected chi connectivity index (χ1v) is 8.39. The number of rotatable bonds is 4. The molecule has 1 aliphatic carbocycles. The highest BCUT2D eigenvalue weighted by Crippen LogP contribution is 2.38. The van der Waals surface area contributed by atoms with E-state index in [1.807, 2.05) is 37.3 Å². The Labute approximate surface area is 141 Å². The van der Waals surface area contributed by atoms with Gasteiger partial charge in [-0.25, -0.2) is 0 Å². The van der Waals surface area contributed by atoms with Crippen molar-refractivity contribution in [2.45, 2.75) is 38.5 Å². The summed E-state index contributed by atoms with van der Waals surface area (Å²) in [6.45, 7) is 1.87. The van der Waals surface area contributed by atoms with Gasteiger partial charge in [-0.3, -0.25) is 9.78 Å². The second-order valence-corrected chi connectivity index (χ2v) is 6.68. The first-order chi connectivity index (χ1) is 11.1. The molecule has 0 bridgehead atoms. The van der Waals surface area contributed by atoms with E-state index in [1.54, 1.807) is 6.20 Å². The van der Waals surface area contributed by atoms with Gasteiger partial charge in [0.15, 0.2) is 0 Å². The van der Waals surface area contributed by atoms with Crippen LogP contribution in [0.15, 0.2) is 36.5 Å². The largest absolute Gasteiger partial charge is 0.481 e. The summed E-state index contributed by atoms with van der Waals surface area (Å²) in [6.07, 6.45) is 6.09. The third-order valence-corrected chi connectivity index (χ3v) is 5.15. The average molecular weight is 330 g/mol. The maximum atomic E-state index is 11.7. The van der Waals surface area contributed by atoms with Gasteiger partial charge in [-0.15, -0.1) is 0 Å². The Bertz CT molecular complexity index is 706. The summed E-state index contributed by atoms with van der Waals surface area (Å²) in [4.78, 5) is 16.0.